The van der Waals surface area contributed by atoms with Gasteiger partial charge in [-0.05, 0) is 6.92 Å². The first-order chi connectivity index (χ1) is 9.49. The highest BCUT2D eigenvalue weighted by Crippen LogP contribution is 2.17. The molecule has 0 unspecified atom stereocenters. The molecule has 0 atom stereocenters. The molecule has 0 spiro atoms. The summed E-state index contributed by atoms with van der Waals surface area (Å²) in [6.07, 6.45) is 1.11. The van der Waals surface area contributed by atoms with E-state index in [0.717, 1.165) is 6.21 Å². The summed E-state index contributed by atoms with van der Waals surface area (Å²) in [4.78, 5) is 15.0. The summed E-state index contributed by atoms with van der Waals surface area (Å²) in [5, 5.41) is 3.60. The van der Waals surface area contributed by atoms with Crippen molar-refractivity contribution in [1.29, 1.82) is 0 Å². The van der Waals surface area contributed by atoms with Crippen LogP contribution in [0.2, 0.25) is 0 Å². The van der Waals surface area contributed by atoms with Crippen molar-refractivity contribution in [2.45, 2.75) is 6.92 Å². The van der Waals surface area contributed by atoms with Crippen molar-refractivity contribution in [1.82, 2.24) is 0 Å². The van der Waals surface area contributed by atoms with Crippen LogP contribution in [0.15, 0.2) is 22.2 Å². The third kappa shape index (κ3) is 4.08. The fourth-order valence-corrected chi connectivity index (χ4v) is 1.20. The van der Waals surface area contributed by atoms with Crippen molar-refractivity contribution in [2.75, 3.05) is 19.1 Å². The third-order valence-electron chi connectivity index (χ3n) is 2.03. The van der Waals surface area contributed by atoms with Gasteiger partial charge in [0.25, 0.3) is 0 Å². The molecule has 0 amide bonds. The Bertz CT molecular complexity index is 536. The number of nitrogens with one attached hydrogen (secondary N) is 1. The molecule has 0 aromatic heterocycles. The lowest BCUT2D eigenvalue weighted by Gasteiger charge is -2.04. The summed E-state index contributed by atoms with van der Waals surface area (Å²) in [5.41, 5.74) is 1.87. The van der Waals surface area contributed by atoms with E-state index in [2.05, 4.69) is 15.5 Å². The summed E-state index contributed by atoms with van der Waals surface area (Å²) in [6.45, 7) is 1.74. The minimum Gasteiger partial charge on any atom is -0.461 e. The molecule has 20 heavy (non-hydrogen) atoms. The summed E-state index contributed by atoms with van der Waals surface area (Å²) in [7, 11) is 1.41. The van der Waals surface area contributed by atoms with Gasteiger partial charge in [-0.15, -0.1) is 0 Å². The molecule has 5 nitrogen and oxygen atoms in total. The fourth-order valence-electron chi connectivity index (χ4n) is 1.20. The molecule has 0 bridgehead atoms. The lowest BCUT2D eigenvalue weighted by molar-refractivity contribution is -0.134. The number of hydrazone groups is 1. The minimum atomic E-state index is -1.58. The van der Waals surface area contributed by atoms with Crippen molar-refractivity contribution in [3.63, 3.8) is 0 Å². The van der Waals surface area contributed by atoms with Gasteiger partial charge in [0.15, 0.2) is 23.2 Å². The number of ether oxygens (including phenoxy) is 1. The number of anilines is 1. The predicted molar refractivity (Wildman–Crippen MR) is 68.4 cm³/mol. The zero-order valence-corrected chi connectivity index (χ0v) is 10.8. The maximum atomic E-state index is 13.0. The molecule has 0 radical (unpaired) electrons. The Morgan fingerprint density at radius 2 is 1.95 bits per heavy atom. The van der Waals surface area contributed by atoms with Crippen LogP contribution in [-0.2, 0) is 9.53 Å². The molecule has 0 saturated heterocycles. The second-order valence-electron chi connectivity index (χ2n) is 3.47. The molecule has 0 aliphatic heterocycles. The van der Waals surface area contributed by atoms with Crippen LogP contribution in [0.4, 0.5) is 18.9 Å². The zero-order valence-electron chi connectivity index (χ0n) is 10.8. The Hall–Kier alpha value is -2.38. The van der Waals surface area contributed by atoms with Crippen LogP contribution in [-0.4, -0.2) is 31.6 Å². The van der Waals surface area contributed by atoms with Crippen LogP contribution >= 0.6 is 0 Å². The maximum Gasteiger partial charge on any atom is 0.360 e. The van der Waals surface area contributed by atoms with E-state index < -0.39 is 23.4 Å². The number of carbonyl (C=O) groups is 1. The first kappa shape index (κ1) is 15.7. The number of nitrogens with zero attached hydrogens (tertiary/aromatic N) is 2. The monoisotopic (exact) mass is 287 g/mol. The van der Waals surface area contributed by atoms with Gasteiger partial charge in [0.05, 0.1) is 18.5 Å². The van der Waals surface area contributed by atoms with Crippen molar-refractivity contribution >= 4 is 23.6 Å². The van der Waals surface area contributed by atoms with Crippen LogP contribution in [0.5, 0.6) is 0 Å². The van der Waals surface area contributed by atoms with Crippen LogP contribution in [0.1, 0.15) is 6.92 Å². The SMILES string of the molecule is CCOC(=O)/C(C=NC)=N/Nc1cc(F)c(F)c(F)c1. The van der Waals surface area contributed by atoms with Gasteiger partial charge in [-0.25, -0.2) is 18.0 Å². The summed E-state index contributed by atoms with van der Waals surface area (Å²) < 4.78 is 43.4. The van der Waals surface area contributed by atoms with Crippen LogP contribution in [0.3, 0.4) is 0 Å². The van der Waals surface area contributed by atoms with Crippen molar-refractivity contribution in [3.8, 4) is 0 Å². The zero-order chi connectivity index (χ0) is 15.1. The Labute approximate surface area is 113 Å². The van der Waals surface area contributed by atoms with Gasteiger partial charge in [0.2, 0.25) is 0 Å². The van der Waals surface area contributed by atoms with Crippen molar-refractivity contribution in [2.24, 2.45) is 10.1 Å². The first-order valence-electron chi connectivity index (χ1n) is 5.57. The Balaban J connectivity index is 2.95. The molecule has 0 saturated carbocycles. The highest BCUT2D eigenvalue weighted by atomic mass is 19.2. The predicted octanol–water partition coefficient (Wildman–Crippen LogP) is 2.14. The van der Waals surface area contributed by atoms with Crippen LogP contribution in [0.25, 0.3) is 0 Å². The van der Waals surface area contributed by atoms with Gasteiger partial charge in [-0.1, -0.05) is 0 Å². The quantitative estimate of drug-likeness (QED) is 0.390. The van der Waals surface area contributed by atoms with Crippen LogP contribution in [0, 0.1) is 17.5 Å². The largest absolute Gasteiger partial charge is 0.461 e. The lowest BCUT2D eigenvalue weighted by Crippen LogP contribution is -2.20. The van der Waals surface area contributed by atoms with E-state index >= 15 is 0 Å². The van der Waals surface area contributed by atoms with E-state index in [0.29, 0.717) is 12.1 Å². The van der Waals surface area contributed by atoms with Gasteiger partial charge in [-0.2, -0.15) is 5.10 Å². The summed E-state index contributed by atoms with van der Waals surface area (Å²) in [6, 6.07) is 1.40. The Morgan fingerprint density at radius 1 is 1.35 bits per heavy atom. The molecule has 0 fully saturated rings. The molecular formula is C12H12F3N3O2. The molecule has 0 heterocycles. The highest BCUT2D eigenvalue weighted by molar-refractivity contribution is 6.59. The van der Waals surface area contributed by atoms with Gasteiger partial charge < -0.3 is 4.74 Å². The molecule has 1 aromatic carbocycles. The number of hydrogen-bond donors (Lipinski definition) is 1. The standard InChI is InChI=1S/C12H12F3N3O2/c1-3-20-12(19)10(6-16-2)18-17-7-4-8(13)11(15)9(14)5-7/h4-6,17H,3H2,1-2H3/b16-6?,18-10+. The number of hydrogen-bond acceptors (Lipinski definition) is 5. The number of carbonyl (C=O) groups excluding carboxylic acids is 1. The average molecular weight is 287 g/mol. The number of aliphatic imine (C=N–C) groups is 1. The summed E-state index contributed by atoms with van der Waals surface area (Å²) in [5.74, 6) is -5.08. The summed E-state index contributed by atoms with van der Waals surface area (Å²) >= 11 is 0. The molecule has 108 valence electrons. The molecule has 0 aliphatic rings. The minimum absolute atomic E-state index is 0.134. The van der Waals surface area contributed by atoms with Gasteiger partial charge >= 0.3 is 5.97 Å². The van der Waals surface area contributed by atoms with E-state index in [1.807, 2.05) is 0 Å². The molecular weight excluding hydrogens is 275 g/mol. The van der Waals surface area contributed by atoms with E-state index in [1.54, 1.807) is 6.92 Å². The topological polar surface area (TPSA) is 63.0 Å². The third-order valence-corrected chi connectivity index (χ3v) is 2.03. The van der Waals surface area contributed by atoms with Gasteiger partial charge in [0.1, 0.15) is 0 Å². The van der Waals surface area contributed by atoms with E-state index in [-0.39, 0.29) is 18.0 Å². The van der Waals surface area contributed by atoms with Crippen LogP contribution < -0.4 is 5.43 Å². The second-order valence-corrected chi connectivity index (χ2v) is 3.47. The molecule has 1 rings (SSSR count). The van der Waals surface area contributed by atoms with Crippen molar-refractivity contribution < 1.29 is 22.7 Å². The number of halogens is 3. The smallest absolute Gasteiger partial charge is 0.360 e. The Kier molecular flexibility index (Phi) is 5.70. The molecule has 1 aromatic rings. The average Bonchev–Trinajstić information content (AvgIpc) is 2.40. The maximum absolute atomic E-state index is 13.0. The number of esters is 1. The second kappa shape index (κ2) is 7.27. The Morgan fingerprint density at radius 3 is 2.45 bits per heavy atom. The lowest BCUT2D eigenvalue weighted by atomic mass is 10.3. The van der Waals surface area contributed by atoms with Gasteiger partial charge in [-0.3, -0.25) is 10.4 Å². The van der Waals surface area contributed by atoms with E-state index in [4.69, 9.17) is 4.74 Å². The molecule has 1 N–H and O–H groups in total. The number of benzene rings is 1. The molecule has 8 heteroatoms. The fraction of sp³-hybridized carbons (Fsp3) is 0.250. The van der Waals surface area contributed by atoms with E-state index in [9.17, 15) is 18.0 Å². The normalized spacial score (nSPS) is 11.8. The van der Waals surface area contributed by atoms with Crippen molar-refractivity contribution in [3.05, 3.63) is 29.6 Å². The van der Waals surface area contributed by atoms with Gasteiger partial charge in [0, 0.05) is 19.2 Å². The number of rotatable bonds is 5. The van der Waals surface area contributed by atoms with E-state index in [1.165, 1.54) is 7.05 Å². The first-order valence-corrected chi connectivity index (χ1v) is 5.57. The highest BCUT2D eigenvalue weighted by Gasteiger charge is 2.12. The molecule has 0 aliphatic carbocycles.